The number of carboxylic acid groups (broad SMARTS) is 1. The summed E-state index contributed by atoms with van der Waals surface area (Å²) in [7, 11) is 1.49. The topological polar surface area (TPSA) is 63.8 Å². The van der Waals surface area contributed by atoms with E-state index in [9.17, 15) is 4.79 Å². The van der Waals surface area contributed by atoms with Crippen molar-refractivity contribution in [3.05, 3.63) is 34.7 Å². The number of aromatic carboxylic acids is 1. The van der Waals surface area contributed by atoms with Crippen LogP contribution in [0.25, 0.3) is 5.65 Å². The van der Waals surface area contributed by atoms with Crippen molar-refractivity contribution in [2.75, 3.05) is 7.11 Å². The van der Waals surface area contributed by atoms with Crippen LogP contribution in [-0.4, -0.2) is 27.6 Å². The number of ether oxygens (including phenoxy) is 1. The second-order valence-corrected chi connectivity index (χ2v) is 3.66. The molecule has 0 atom stereocenters. The maximum absolute atomic E-state index is 11.1. The molecule has 2 heterocycles. The molecule has 84 valence electrons. The Bertz CT molecular complexity index is 550. The third kappa shape index (κ3) is 1.75. The van der Waals surface area contributed by atoms with Gasteiger partial charge in [0.1, 0.15) is 11.3 Å². The highest BCUT2D eigenvalue weighted by Crippen LogP contribution is 2.17. The minimum absolute atomic E-state index is 0.0827. The maximum Gasteiger partial charge on any atom is 0.354 e. The summed E-state index contributed by atoms with van der Waals surface area (Å²) >= 11 is 5.81. The Morgan fingerprint density at radius 2 is 2.38 bits per heavy atom. The van der Waals surface area contributed by atoms with E-state index >= 15 is 0 Å². The van der Waals surface area contributed by atoms with E-state index in [2.05, 4.69) is 4.98 Å². The molecule has 1 N–H and O–H groups in total. The Morgan fingerprint density at radius 1 is 1.62 bits per heavy atom. The van der Waals surface area contributed by atoms with Gasteiger partial charge in [0.05, 0.1) is 11.6 Å². The maximum atomic E-state index is 11.1. The molecule has 2 aromatic heterocycles. The molecule has 0 spiro atoms. The molecule has 0 amide bonds. The van der Waals surface area contributed by atoms with Crippen LogP contribution < -0.4 is 0 Å². The lowest BCUT2D eigenvalue weighted by Gasteiger charge is -1.99. The summed E-state index contributed by atoms with van der Waals surface area (Å²) < 4.78 is 6.35. The van der Waals surface area contributed by atoms with E-state index in [1.165, 1.54) is 17.7 Å². The monoisotopic (exact) mass is 240 g/mol. The molecule has 0 unspecified atom stereocenters. The van der Waals surface area contributed by atoms with Gasteiger partial charge in [-0.05, 0) is 12.1 Å². The average molecular weight is 241 g/mol. The van der Waals surface area contributed by atoms with Gasteiger partial charge in [-0.1, -0.05) is 11.6 Å². The molecule has 0 aliphatic heterocycles. The van der Waals surface area contributed by atoms with Crippen molar-refractivity contribution in [2.24, 2.45) is 0 Å². The van der Waals surface area contributed by atoms with Crippen LogP contribution in [0, 0.1) is 0 Å². The number of imidazole rings is 1. The van der Waals surface area contributed by atoms with Gasteiger partial charge >= 0.3 is 5.97 Å². The Morgan fingerprint density at radius 3 is 3.00 bits per heavy atom. The van der Waals surface area contributed by atoms with Gasteiger partial charge in [0, 0.05) is 13.3 Å². The minimum Gasteiger partial charge on any atom is -0.477 e. The number of carbonyl (C=O) groups is 1. The number of hydrogen-bond acceptors (Lipinski definition) is 3. The third-order valence-corrected chi connectivity index (χ3v) is 2.36. The zero-order valence-electron chi connectivity index (χ0n) is 8.48. The number of aromatic nitrogens is 2. The molecule has 6 heteroatoms. The molecule has 0 fully saturated rings. The average Bonchev–Trinajstić information content (AvgIpc) is 2.55. The molecule has 16 heavy (non-hydrogen) atoms. The highest BCUT2D eigenvalue weighted by molar-refractivity contribution is 6.30. The molecule has 0 aliphatic rings. The quantitative estimate of drug-likeness (QED) is 0.889. The largest absolute Gasteiger partial charge is 0.477 e. The summed E-state index contributed by atoms with van der Waals surface area (Å²) in [5.41, 5.74) is 1.01. The number of carboxylic acids is 1. The molecule has 0 aliphatic carbocycles. The zero-order valence-corrected chi connectivity index (χ0v) is 9.23. The van der Waals surface area contributed by atoms with Crippen LogP contribution in [0.15, 0.2) is 18.3 Å². The SMILES string of the molecule is COCc1nc2ccc(Cl)cn2c1C(=O)O. The van der Waals surface area contributed by atoms with Gasteiger partial charge in [0.15, 0.2) is 5.69 Å². The number of methoxy groups -OCH3 is 1. The van der Waals surface area contributed by atoms with Crippen molar-refractivity contribution < 1.29 is 14.6 Å². The fraction of sp³-hybridized carbons (Fsp3) is 0.200. The predicted molar refractivity (Wildman–Crippen MR) is 57.9 cm³/mol. The van der Waals surface area contributed by atoms with Crippen LogP contribution in [-0.2, 0) is 11.3 Å². The molecule has 0 bridgehead atoms. The van der Waals surface area contributed by atoms with Gasteiger partial charge in [-0.3, -0.25) is 4.40 Å². The second-order valence-electron chi connectivity index (χ2n) is 3.22. The molecule has 2 rings (SSSR count). The first-order valence-electron chi connectivity index (χ1n) is 4.52. The van der Waals surface area contributed by atoms with Crippen LogP contribution in [0.2, 0.25) is 5.02 Å². The molecule has 0 aromatic carbocycles. The Balaban J connectivity index is 2.72. The number of pyridine rings is 1. The minimum atomic E-state index is -1.05. The van der Waals surface area contributed by atoms with Gasteiger partial charge in [-0.2, -0.15) is 0 Å². The highest BCUT2D eigenvalue weighted by atomic mass is 35.5. The summed E-state index contributed by atoms with van der Waals surface area (Å²) in [4.78, 5) is 15.3. The Hall–Kier alpha value is -1.59. The highest BCUT2D eigenvalue weighted by Gasteiger charge is 2.18. The number of fused-ring (bicyclic) bond motifs is 1. The van der Waals surface area contributed by atoms with Crippen molar-refractivity contribution in [1.29, 1.82) is 0 Å². The zero-order chi connectivity index (χ0) is 11.7. The smallest absolute Gasteiger partial charge is 0.354 e. The summed E-state index contributed by atoms with van der Waals surface area (Å²) in [5, 5.41) is 9.57. The van der Waals surface area contributed by atoms with Crippen molar-refractivity contribution >= 4 is 23.2 Å². The first-order valence-corrected chi connectivity index (χ1v) is 4.90. The van der Waals surface area contributed by atoms with Gasteiger partial charge < -0.3 is 9.84 Å². The van der Waals surface area contributed by atoms with E-state index in [1.807, 2.05) is 0 Å². The third-order valence-electron chi connectivity index (χ3n) is 2.14. The number of rotatable bonds is 3. The van der Waals surface area contributed by atoms with Crippen LogP contribution in [0.4, 0.5) is 0 Å². The lowest BCUT2D eigenvalue weighted by molar-refractivity contribution is 0.0683. The normalized spacial score (nSPS) is 10.9. The van der Waals surface area contributed by atoms with Crippen molar-refractivity contribution in [1.82, 2.24) is 9.38 Å². The number of halogens is 1. The summed E-state index contributed by atoms with van der Waals surface area (Å²) in [6, 6.07) is 3.32. The molecule has 0 saturated heterocycles. The molecule has 5 nitrogen and oxygen atoms in total. The van der Waals surface area contributed by atoms with Crippen LogP contribution in [0.3, 0.4) is 0 Å². The Kier molecular flexibility index (Phi) is 2.80. The van der Waals surface area contributed by atoms with E-state index < -0.39 is 5.97 Å². The van der Waals surface area contributed by atoms with Crippen LogP contribution in [0.1, 0.15) is 16.2 Å². The Labute approximate surface area is 96.2 Å². The van der Waals surface area contributed by atoms with E-state index in [1.54, 1.807) is 12.1 Å². The molecule has 2 aromatic rings. The lowest BCUT2D eigenvalue weighted by Crippen LogP contribution is -2.05. The van der Waals surface area contributed by atoms with Crippen LogP contribution >= 0.6 is 11.6 Å². The first-order chi connectivity index (χ1) is 7.63. The first kappa shape index (κ1) is 10.9. The standard InChI is InChI=1S/C10H9ClN2O3/c1-16-5-7-9(10(14)15)13-4-6(11)2-3-8(13)12-7/h2-4H,5H2,1H3,(H,14,15). The van der Waals surface area contributed by atoms with E-state index in [-0.39, 0.29) is 12.3 Å². The van der Waals surface area contributed by atoms with Crippen molar-refractivity contribution in [3.8, 4) is 0 Å². The van der Waals surface area contributed by atoms with Gasteiger partial charge in [-0.15, -0.1) is 0 Å². The molecular weight excluding hydrogens is 232 g/mol. The summed E-state index contributed by atoms with van der Waals surface area (Å²) in [6.45, 7) is 0.154. The van der Waals surface area contributed by atoms with E-state index in [4.69, 9.17) is 21.4 Å². The lowest BCUT2D eigenvalue weighted by atomic mass is 10.3. The second kappa shape index (κ2) is 4.11. The number of nitrogens with zero attached hydrogens (tertiary/aromatic N) is 2. The summed E-state index contributed by atoms with van der Waals surface area (Å²) in [5.74, 6) is -1.05. The van der Waals surface area contributed by atoms with Crippen LogP contribution in [0.5, 0.6) is 0 Å². The molecular formula is C10H9ClN2O3. The van der Waals surface area contributed by atoms with Crippen molar-refractivity contribution in [3.63, 3.8) is 0 Å². The fourth-order valence-electron chi connectivity index (χ4n) is 1.53. The molecule has 0 saturated carbocycles. The fourth-order valence-corrected chi connectivity index (χ4v) is 1.69. The summed E-state index contributed by atoms with van der Waals surface area (Å²) in [6.07, 6.45) is 1.52. The van der Waals surface area contributed by atoms with Gasteiger partial charge in [0.25, 0.3) is 0 Å². The predicted octanol–water partition coefficient (Wildman–Crippen LogP) is 1.83. The van der Waals surface area contributed by atoms with E-state index in [0.717, 1.165) is 0 Å². The number of hydrogen-bond donors (Lipinski definition) is 1. The van der Waals surface area contributed by atoms with Gasteiger partial charge in [0.2, 0.25) is 0 Å². The van der Waals surface area contributed by atoms with Gasteiger partial charge in [-0.25, -0.2) is 9.78 Å². The molecule has 0 radical (unpaired) electrons. The van der Waals surface area contributed by atoms with E-state index in [0.29, 0.717) is 16.4 Å². The van der Waals surface area contributed by atoms with Crippen molar-refractivity contribution in [2.45, 2.75) is 6.61 Å².